The molecule has 0 amide bonds. The smallest absolute Gasteiger partial charge is 0.374 e. The van der Waals surface area contributed by atoms with Crippen molar-refractivity contribution in [3.05, 3.63) is 69.9 Å². The zero-order chi connectivity index (χ0) is 27.4. The van der Waals surface area contributed by atoms with Crippen LogP contribution in [0.2, 0.25) is 10.0 Å². The van der Waals surface area contributed by atoms with E-state index in [-0.39, 0.29) is 18.7 Å². The third kappa shape index (κ3) is 7.16. The first kappa shape index (κ1) is 28.6. The van der Waals surface area contributed by atoms with Gasteiger partial charge in [0.05, 0.1) is 17.5 Å². The Bertz CT molecular complexity index is 1530. The quantitative estimate of drug-likeness (QED) is 0.183. The Balaban J connectivity index is 1.71. The summed E-state index contributed by atoms with van der Waals surface area (Å²) in [5, 5.41) is 1.03. The molecule has 1 atom stereocenters. The van der Waals surface area contributed by atoms with Crippen molar-refractivity contribution in [2.75, 3.05) is 23.0 Å². The second kappa shape index (κ2) is 12.2. The van der Waals surface area contributed by atoms with E-state index in [1.54, 1.807) is 36.4 Å². The summed E-state index contributed by atoms with van der Waals surface area (Å²) < 4.78 is 67.8. The van der Waals surface area contributed by atoms with Gasteiger partial charge < -0.3 is 18.6 Å². The maximum Gasteiger partial charge on any atom is 0.374 e. The number of rotatable bonds is 11. The van der Waals surface area contributed by atoms with E-state index in [0.29, 0.717) is 58.1 Å². The average molecular weight is 602 g/mol. The average Bonchev–Trinajstić information content (AvgIpc) is 3.34. The zero-order valence-corrected chi connectivity index (χ0v) is 23.6. The number of benzene rings is 2. The molecule has 0 spiro atoms. The predicted molar refractivity (Wildman–Crippen MR) is 147 cm³/mol. The van der Waals surface area contributed by atoms with Crippen LogP contribution in [0.25, 0.3) is 17.2 Å². The fraction of sp³-hybridized carbons (Fsp3) is 0.320. The van der Waals surface area contributed by atoms with Crippen LogP contribution >= 0.6 is 23.2 Å². The third-order valence-electron chi connectivity index (χ3n) is 5.89. The molecule has 13 heteroatoms. The predicted octanol–water partition coefficient (Wildman–Crippen LogP) is 5.11. The largest absolute Gasteiger partial charge is 0.772 e. The standard InChI is InChI=1S/C25H26Cl2N2O7S2/c1-2-17(13-24-28(9-3-11-37(30)31)20-15-18(26)5-7-22(20)35-24)14-25-29(10-4-12-38(32,33)34)21-16-19(27)6-8-23(21)36-25/h5-8,13-16H,2-4,9-12H2,1H3,(H-,30,31,32,33,34). The molecule has 0 aliphatic carbocycles. The van der Waals surface area contributed by atoms with Crippen LogP contribution in [-0.2, 0) is 27.7 Å². The molecule has 4 rings (SSSR count). The number of nitrogens with zero attached hydrogens (tertiary/aromatic N) is 2. The molecule has 3 aromatic rings. The first-order valence-electron chi connectivity index (χ1n) is 11.8. The van der Waals surface area contributed by atoms with Crippen molar-refractivity contribution in [2.45, 2.75) is 32.7 Å². The molecule has 2 aromatic carbocycles. The summed E-state index contributed by atoms with van der Waals surface area (Å²) in [5.41, 5.74) is 2.84. The van der Waals surface area contributed by atoms with E-state index in [1.165, 1.54) is 0 Å². The number of fused-ring (bicyclic) bond motifs is 2. The second-order valence-electron chi connectivity index (χ2n) is 8.63. The van der Waals surface area contributed by atoms with Gasteiger partial charge in [0, 0.05) is 40.9 Å². The van der Waals surface area contributed by atoms with Crippen molar-refractivity contribution >= 4 is 67.3 Å². The molecule has 0 bridgehead atoms. The van der Waals surface area contributed by atoms with Gasteiger partial charge in [-0.3, -0.25) is 8.76 Å². The number of oxazole rings is 1. The highest BCUT2D eigenvalue weighted by Gasteiger charge is 2.27. The molecular formula is C25H26Cl2N2O7S2. The summed E-state index contributed by atoms with van der Waals surface area (Å²) in [6, 6.07) is 10.4. The van der Waals surface area contributed by atoms with E-state index in [9.17, 15) is 17.2 Å². The van der Waals surface area contributed by atoms with Crippen molar-refractivity contribution in [3.63, 3.8) is 0 Å². The highest BCUT2D eigenvalue weighted by atomic mass is 35.5. The Kier molecular flexibility index (Phi) is 9.17. The van der Waals surface area contributed by atoms with Gasteiger partial charge in [0.25, 0.3) is 15.6 Å². The van der Waals surface area contributed by atoms with Crippen LogP contribution in [0.5, 0.6) is 5.75 Å². The van der Waals surface area contributed by atoms with Gasteiger partial charge in [-0.2, -0.15) is 13.0 Å². The second-order valence-corrected chi connectivity index (χ2v) is 12.1. The van der Waals surface area contributed by atoms with Crippen molar-refractivity contribution in [3.8, 4) is 5.75 Å². The summed E-state index contributed by atoms with van der Waals surface area (Å²) in [5.74, 6) is 1.22. The van der Waals surface area contributed by atoms with Gasteiger partial charge in [0.15, 0.2) is 12.3 Å². The van der Waals surface area contributed by atoms with Crippen LogP contribution in [0.4, 0.5) is 5.69 Å². The lowest BCUT2D eigenvalue weighted by molar-refractivity contribution is -0.677. The molecule has 1 N–H and O–H groups in total. The molecule has 204 valence electrons. The lowest BCUT2D eigenvalue weighted by Crippen LogP contribution is -2.36. The minimum absolute atomic E-state index is 0.0151. The molecule has 0 saturated heterocycles. The van der Waals surface area contributed by atoms with Gasteiger partial charge in [0.2, 0.25) is 11.5 Å². The lowest BCUT2D eigenvalue weighted by atomic mass is 10.1. The number of ether oxygens (including phenoxy) is 1. The summed E-state index contributed by atoms with van der Waals surface area (Å²) in [6.07, 6.45) is 4.85. The van der Waals surface area contributed by atoms with Crippen LogP contribution in [-0.4, -0.2) is 39.8 Å². The SMILES string of the molecule is CCC(=C/c1oc2ccc(Cl)cc2[n+]1CCCS(=O)(=O)O)/C=C1/Oc2ccc(Cl)cc2N1CCCS(=O)[O-]. The summed E-state index contributed by atoms with van der Waals surface area (Å²) in [7, 11) is -4.11. The van der Waals surface area contributed by atoms with Crippen LogP contribution < -0.4 is 14.2 Å². The Labute approximate surface area is 233 Å². The van der Waals surface area contributed by atoms with E-state index in [1.807, 2.05) is 28.5 Å². The number of aromatic nitrogens is 1. The number of hydrogen-bond donors (Lipinski definition) is 1. The Morgan fingerprint density at radius 2 is 1.92 bits per heavy atom. The maximum absolute atomic E-state index is 11.3. The fourth-order valence-electron chi connectivity index (χ4n) is 4.13. The van der Waals surface area contributed by atoms with Crippen molar-refractivity contribution < 1.29 is 35.5 Å². The van der Waals surface area contributed by atoms with E-state index >= 15 is 0 Å². The van der Waals surface area contributed by atoms with Crippen molar-refractivity contribution in [1.29, 1.82) is 0 Å². The summed E-state index contributed by atoms with van der Waals surface area (Å²) in [6.45, 7) is 2.64. The topological polar surface area (TPSA) is 124 Å². The maximum atomic E-state index is 11.3. The molecular weight excluding hydrogens is 575 g/mol. The van der Waals surface area contributed by atoms with Crippen molar-refractivity contribution in [1.82, 2.24) is 0 Å². The van der Waals surface area contributed by atoms with Crippen LogP contribution in [0.3, 0.4) is 0 Å². The summed E-state index contributed by atoms with van der Waals surface area (Å²) >= 11 is 10.3. The lowest BCUT2D eigenvalue weighted by Gasteiger charge is -2.19. The number of halogens is 2. The molecule has 38 heavy (non-hydrogen) atoms. The molecule has 9 nitrogen and oxygen atoms in total. The first-order chi connectivity index (χ1) is 18.0. The molecule has 0 radical (unpaired) electrons. The third-order valence-corrected chi connectivity index (χ3v) is 7.78. The van der Waals surface area contributed by atoms with Gasteiger partial charge in [-0.05, 0) is 48.7 Å². The van der Waals surface area contributed by atoms with Crippen LogP contribution in [0, 0.1) is 0 Å². The highest BCUT2D eigenvalue weighted by Crippen LogP contribution is 2.41. The molecule has 1 aliphatic heterocycles. The van der Waals surface area contributed by atoms with Gasteiger partial charge in [0.1, 0.15) is 0 Å². The van der Waals surface area contributed by atoms with Gasteiger partial charge in [-0.15, -0.1) is 0 Å². The zero-order valence-electron chi connectivity index (χ0n) is 20.4. The molecule has 1 unspecified atom stereocenters. The Morgan fingerprint density at radius 3 is 2.63 bits per heavy atom. The van der Waals surface area contributed by atoms with Crippen molar-refractivity contribution in [2.24, 2.45) is 0 Å². The minimum Gasteiger partial charge on any atom is -0.772 e. The number of anilines is 1. The van der Waals surface area contributed by atoms with E-state index in [0.717, 1.165) is 11.3 Å². The first-order valence-corrected chi connectivity index (χ1v) is 15.4. The molecule has 2 heterocycles. The number of hydrogen-bond acceptors (Lipinski definition) is 7. The van der Waals surface area contributed by atoms with E-state index in [2.05, 4.69) is 0 Å². The normalized spacial score (nSPS) is 15.8. The minimum atomic E-state index is -4.11. The van der Waals surface area contributed by atoms with Gasteiger partial charge in [-0.25, -0.2) is 0 Å². The van der Waals surface area contributed by atoms with Crippen LogP contribution in [0.1, 0.15) is 32.1 Å². The monoisotopic (exact) mass is 600 g/mol. The molecule has 1 aromatic heterocycles. The van der Waals surface area contributed by atoms with E-state index < -0.39 is 27.0 Å². The molecule has 0 saturated carbocycles. The molecule has 1 aliphatic rings. The van der Waals surface area contributed by atoms with Gasteiger partial charge in [-0.1, -0.05) is 41.2 Å². The Morgan fingerprint density at radius 1 is 1.18 bits per heavy atom. The number of allylic oxidation sites excluding steroid dienone is 2. The Hall–Kier alpha value is -2.41. The summed E-state index contributed by atoms with van der Waals surface area (Å²) in [4.78, 5) is 1.89. The molecule has 0 fully saturated rings. The van der Waals surface area contributed by atoms with Gasteiger partial charge >= 0.3 is 5.89 Å². The highest BCUT2D eigenvalue weighted by molar-refractivity contribution is 7.85. The van der Waals surface area contributed by atoms with Crippen LogP contribution in [0.15, 0.2) is 58.3 Å². The van der Waals surface area contributed by atoms with E-state index in [4.69, 9.17) is 36.9 Å². The fourth-order valence-corrected chi connectivity index (χ4v) is 5.32. The number of aryl methyl sites for hydroxylation is 1.